The quantitative estimate of drug-likeness (QED) is 0.288. The molecule has 6 heterocycles. The Morgan fingerprint density at radius 2 is 1.71 bits per heavy atom. The molecule has 45 heavy (non-hydrogen) atoms. The highest BCUT2D eigenvalue weighted by atomic mass is 32.2. The predicted octanol–water partition coefficient (Wildman–Crippen LogP) is 4.13. The Morgan fingerprint density at radius 3 is 2.31 bits per heavy atom. The minimum Gasteiger partial charge on any atom is -0.382 e. The lowest BCUT2D eigenvalue weighted by molar-refractivity contribution is -0.144. The zero-order valence-electron chi connectivity index (χ0n) is 23.7. The first-order valence-corrected chi connectivity index (χ1v) is 16.0. The SMILES string of the molecule is CS(=O)(=O)c1c(C2CC3CC[C@H](C2)N3C(=O)c2n[nH]c(C(F)(F)F)n2)nc2c(-c3ccc(-c4ccccc4)nc3)cnn2c1N. The fourth-order valence-electron chi connectivity index (χ4n) is 6.54. The van der Waals surface area contributed by atoms with Crippen LogP contribution in [0.1, 0.15) is 53.7 Å². The molecular weight excluding hydrogens is 611 g/mol. The molecule has 3 N–H and O–H groups in total. The number of nitrogen functional groups attached to an aromatic ring is 1. The van der Waals surface area contributed by atoms with Crippen LogP contribution in [0, 0.1) is 0 Å². The molecule has 0 aliphatic carbocycles. The number of benzene rings is 1. The van der Waals surface area contributed by atoms with Gasteiger partial charge in [-0.15, -0.1) is 5.10 Å². The molecule has 1 aromatic carbocycles. The van der Waals surface area contributed by atoms with Gasteiger partial charge in [0.1, 0.15) is 10.7 Å². The Hall–Kier alpha value is -4.86. The molecule has 4 aromatic heterocycles. The Bertz CT molecular complexity index is 2030. The standard InChI is InChI=1S/C29H26F3N9O3S/c1-45(43,44)23-22(17-11-18-8-9-19(12-17)40(18)27(42)25-37-28(39-38-25)29(30,31)32)36-26-20(14-35-41(26)24(23)33)16-7-10-21(34-13-16)15-5-3-2-4-6-15/h2-7,10,13-14,17-19H,8-9,11-12,33H2,1H3,(H,37,38,39)/t17?,18-,19?/m1/s1. The fourth-order valence-corrected chi connectivity index (χ4v) is 7.60. The predicted molar refractivity (Wildman–Crippen MR) is 156 cm³/mol. The summed E-state index contributed by atoms with van der Waals surface area (Å²) >= 11 is 0. The lowest BCUT2D eigenvalue weighted by Crippen LogP contribution is -2.46. The summed E-state index contributed by atoms with van der Waals surface area (Å²) in [5, 5.41) is 9.65. The van der Waals surface area contributed by atoms with E-state index in [1.54, 1.807) is 17.5 Å². The molecule has 7 rings (SSSR count). The highest BCUT2D eigenvalue weighted by molar-refractivity contribution is 7.91. The van der Waals surface area contributed by atoms with E-state index in [1.165, 1.54) is 9.42 Å². The van der Waals surface area contributed by atoms with Crippen LogP contribution < -0.4 is 5.73 Å². The maximum atomic E-state index is 13.2. The van der Waals surface area contributed by atoms with Gasteiger partial charge in [0.2, 0.25) is 11.6 Å². The molecule has 232 valence electrons. The van der Waals surface area contributed by atoms with Crippen molar-refractivity contribution in [2.45, 2.75) is 54.8 Å². The Morgan fingerprint density at radius 1 is 1.00 bits per heavy atom. The van der Waals surface area contributed by atoms with Gasteiger partial charge in [-0.3, -0.25) is 14.9 Å². The molecule has 5 aromatic rings. The monoisotopic (exact) mass is 637 g/mol. The highest BCUT2D eigenvalue weighted by Crippen LogP contribution is 2.46. The number of aromatic nitrogens is 7. The number of pyridine rings is 1. The average Bonchev–Trinajstić information content (AvgIpc) is 3.73. The van der Waals surface area contributed by atoms with Gasteiger partial charge in [-0.1, -0.05) is 36.4 Å². The summed E-state index contributed by atoms with van der Waals surface area (Å²) in [7, 11) is -3.87. The normalized spacial score (nSPS) is 20.2. The second-order valence-corrected chi connectivity index (χ2v) is 13.3. The molecule has 12 nitrogen and oxygen atoms in total. The van der Waals surface area contributed by atoms with E-state index in [0.717, 1.165) is 17.5 Å². The van der Waals surface area contributed by atoms with Crippen molar-refractivity contribution >= 4 is 27.2 Å². The van der Waals surface area contributed by atoms with Gasteiger partial charge in [0.15, 0.2) is 15.5 Å². The molecule has 2 fully saturated rings. The summed E-state index contributed by atoms with van der Waals surface area (Å²) in [6.07, 6.45) is 1.39. The van der Waals surface area contributed by atoms with E-state index in [4.69, 9.17) is 10.7 Å². The van der Waals surface area contributed by atoms with Crippen molar-refractivity contribution in [2.75, 3.05) is 12.0 Å². The lowest BCUT2D eigenvalue weighted by Gasteiger charge is -2.38. The number of nitrogens with two attached hydrogens (primary N) is 1. The van der Waals surface area contributed by atoms with Gasteiger partial charge in [-0.05, 0) is 31.7 Å². The number of amides is 1. The molecule has 3 atom stereocenters. The van der Waals surface area contributed by atoms with E-state index in [1.807, 2.05) is 42.5 Å². The van der Waals surface area contributed by atoms with Gasteiger partial charge in [-0.2, -0.15) is 27.8 Å². The molecule has 1 amide bonds. The minimum absolute atomic E-state index is 0.0797. The smallest absolute Gasteiger partial charge is 0.382 e. The van der Waals surface area contributed by atoms with Crippen LogP contribution in [-0.4, -0.2) is 72.3 Å². The van der Waals surface area contributed by atoms with Crippen molar-refractivity contribution in [3.8, 4) is 22.4 Å². The number of nitrogens with zero attached hydrogens (tertiary/aromatic N) is 7. The molecule has 0 radical (unpaired) electrons. The first-order valence-electron chi connectivity index (χ1n) is 14.1. The van der Waals surface area contributed by atoms with Crippen LogP contribution in [0.2, 0.25) is 0 Å². The number of hydrogen-bond donors (Lipinski definition) is 2. The third-order valence-corrected chi connectivity index (χ3v) is 9.64. The molecule has 2 aliphatic heterocycles. The summed E-state index contributed by atoms with van der Waals surface area (Å²) in [5.41, 5.74) is 10.1. The van der Waals surface area contributed by atoms with Crippen LogP contribution in [0.15, 0.2) is 59.8 Å². The second kappa shape index (κ2) is 10.4. The van der Waals surface area contributed by atoms with E-state index in [2.05, 4.69) is 20.2 Å². The van der Waals surface area contributed by atoms with Crippen LogP contribution >= 0.6 is 0 Å². The molecule has 2 unspecified atom stereocenters. The molecule has 16 heteroatoms. The van der Waals surface area contributed by atoms with E-state index < -0.39 is 39.5 Å². The van der Waals surface area contributed by atoms with Crippen molar-refractivity contribution in [2.24, 2.45) is 0 Å². The summed E-state index contributed by atoms with van der Waals surface area (Å²) in [6, 6.07) is 12.7. The number of piperidine rings is 1. The van der Waals surface area contributed by atoms with Crippen molar-refractivity contribution in [3.63, 3.8) is 0 Å². The number of nitrogens with one attached hydrogen (secondary N) is 1. The third-order valence-electron chi connectivity index (χ3n) is 8.48. The molecule has 0 saturated carbocycles. The number of sulfone groups is 1. The Labute approximate surface area is 254 Å². The van der Waals surface area contributed by atoms with Crippen LogP contribution in [0.25, 0.3) is 28.0 Å². The molecule has 2 bridgehead atoms. The van der Waals surface area contributed by atoms with Crippen LogP contribution in [0.3, 0.4) is 0 Å². The lowest BCUT2D eigenvalue weighted by atomic mass is 9.87. The van der Waals surface area contributed by atoms with Gasteiger partial charge < -0.3 is 10.6 Å². The van der Waals surface area contributed by atoms with Gasteiger partial charge in [-0.25, -0.2) is 13.4 Å². The van der Waals surface area contributed by atoms with Crippen LogP contribution in [0.5, 0.6) is 0 Å². The van der Waals surface area contributed by atoms with Crippen molar-refractivity contribution in [1.82, 2.24) is 39.7 Å². The largest absolute Gasteiger partial charge is 0.451 e. The summed E-state index contributed by atoms with van der Waals surface area (Å²) in [4.78, 5) is 27.5. The maximum absolute atomic E-state index is 13.2. The van der Waals surface area contributed by atoms with Crippen LogP contribution in [-0.2, 0) is 16.0 Å². The van der Waals surface area contributed by atoms with Crippen molar-refractivity contribution in [3.05, 3.63) is 72.2 Å². The summed E-state index contributed by atoms with van der Waals surface area (Å²) in [5.74, 6) is -3.09. The van der Waals surface area contributed by atoms with Gasteiger partial charge in [0, 0.05) is 47.1 Å². The van der Waals surface area contributed by atoms with Crippen molar-refractivity contribution in [1.29, 1.82) is 0 Å². The number of halogens is 3. The van der Waals surface area contributed by atoms with Gasteiger partial charge in [0.25, 0.3) is 5.91 Å². The minimum atomic E-state index is -4.77. The third kappa shape index (κ3) is 4.98. The number of anilines is 1. The maximum Gasteiger partial charge on any atom is 0.451 e. The topological polar surface area (TPSA) is 165 Å². The average molecular weight is 638 g/mol. The van der Waals surface area contributed by atoms with Crippen LogP contribution in [0.4, 0.5) is 19.0 Å². The zero-order chi connectivity index (χ0) is 31.7. The number of carbonyl (C=O) groups is 1. The van der Waals surface area contributed by atoms with E-state index in [0.29, 0.717) is 42.5 Å². The van der Waals surface area contributed by atoms with Gasteiger partial charge >= 0.3 is 6.18 Å². The number of alkyl halides is 3. The van der Waals surface area contributed by atoms with Crippen molar-refractivity contribution < 1.29 is 26.4 Å². The number of carbonyl (C=O) groups excluding carboxylic acids is 1. The highest BCUT2D eigenvalue weighted by Gasteiger charge is 2.47. The molecule has 0 spiro atoms. The number of rotatable bonds is 5. The number of H-pyrrole nitrogens is 1. The van der Waals surface area contributed by atoms with Gasteiger partial charge in [0.05, 0.1) is 17.6 Å². The first kappa shape index (κ1) is 28.9. The number of hydrogen-bond acceptors (Lipinski definition) is 9. The summed E-state index contributed by atoms with van der Waals surface area (Å²) < 4.78 is 66.6. The van der Waals surface area contributed by atoms with E-state index in [-0.39, 0.29) is 28.5 Å². The molecular formula is C29H26F3N9O3S. The van der Waals surface area contributed by atoms with E-state index >= 15 is 0 Å². The number of aromatic amines is 1. The summed E-state index contributed by atoms with van der Waals surface area (Å²) in [6.45, 7) is 0. The molecule has 2 aliphatic rings. The Kier molecular flexibility index (Phi) is 6.65. The fraction of sp³-hybridized carbons (Fsp3) is 0.310. The Balaban J connectivity index is 1.24. The van der Waals surface area contributed by atoms with E-state index in [9.17, 15) is 26.4 Å². The second-order valence-electron chi connectivity index (χ2n) is 11.3. The first-order chi connectivity index (χ1) is 21.4. The number of fused-ring (bicyclic) bond motifs is 3. The zero-order valence-corrected chi connectivity index (χ0v) is 24.5. The molecule has 2 saturated heterocycles.